The Morgan fingerprint density at radius 3 is 2.36 bits per heavy atom. The second-order valence-corrected chi connectivity index (χ2v) is 5.25. The van der Waals surface area contributed by atoms with Gasteiger partial charge in [-0.05, 0) is 30.3 Å². The van der Waals surface area contributed by atoms with Gasteiger partial charge in [-0.3, -0.25) is 9.38 Å². The second-order valence-electron chi connectivity index (χ2n) is 5.25. The average Bonchev–Trinajstić information content (AvgIpc) is 3.05. The van der Waals surface area contributed by atoms with E-state index in [1.807, 2.05) is 30.3 Å². The van der Waals surface area contributed by atoms with Gasteiger partial charge in [-0.15, -0.1) is 0 Å². The summed E-state index contributed by atoms with van der Waals surface area (Å²) in [4.78, 5) is 16.3. The summed E-state index contributed by atoms with van der Waals surface area (Å²) in [7, 11) is 0. The van der Waals surface area contributed by atoms with Crippen LogP contribution in [0.25, 0.3) is 28.6 Å². The molecule has 0 aromatic carbocycles. The second kappa shape index (κ2) is 5.66. The Morgan fingerprint density at radius 1 is 0.800 bits per heavy atom. The highest BCUT2D eigenvalue weighted by Gasteiger charge is 2.33. The number of pyridine rings is 2. The molecule has 4 heterocycles. The Balaban J connectivity index is 1.80. The molecule has 0 saturated carbocycles. The molecule has 5 nitrogen and oxygen atoms in total. The zero-order chi connectivity index (χ0) is 17.4. The Morgan fingerprint density at radius 2 is 1.60 bits per heavy atom. The van der Waals surface area contributed by atoms with Gasteiger partial charge in [-0.1, -0.05) is 12.1 Å². The fraction of sp³-hybridized carbons (Fsp3) is 0.0588. The maximum atomic E-state index is 12.8. The number of hydrogen-bond donors (Lipinski definition) is 0. The average molecular weight is 341 g/mol. The molecular formula is C17H10F3N5. The molecule has 4 aromatic heterocycles. The lowest BCUT2D eigenvalue weighted by atomic mass is 10.2. The molecule has 0 atom stereocenters. The van der Waals surface area contributed by atoms with Gasteiger partial charge in [0, 0.05) is 12.4 Å². The molecule has 0 amide bonds. The number of alkyl halides is 3. The van der Waals surface area contributed by atoms with Crippen molar-refractivity contribution in [2.24, 2.45) is 0 Å². The summed E-state index contributed by atoms with van der Waals surface area (Å²) in [5.41, 5.74) is 1.50. The van der Waals surface area contributed by atoms with Crippen LogP contribution in [0.2, 0.25) is 0 Å². The standard InChI is InChI=1S/C17H10F3N5/c18-17(19,20)15-7-9-25-14(10-22-16(25)24-15)13-6-3-5-12(23-13)11-4-1-2-8-21-11/h1-10H. The maximum Gasteiger partial charge on any atom is 0.433 e. The van der Waals surface area contributed by atoms with Crippen molar-refractivity contribution in [2.45, 2.75) is 6.18 Å². The minimum absolute atomic E-state index is 0.0325. The fourth-order valence-electron chi connectivity index (χ4n) is 2.45. The van der Waals surface area contributed by atoms with Gasteiger partial charge in [-0.2, -0.15) is 13.2 Å². The van der Waals surface area contributed by atoms with Crippen LogP contribution >= 0.6 is 0 Å². The van der Waals surface area contributed by atoms with Crippen molar-refractivity contribution in [3.8, 4) is 22.8 Å². The van der Waals surface area contributed by atoms with Gasteiger partial charge < -0.3 is 0 Å². The van der Waals surface area contributed by atoms with Gasteiger partial charge in [0.2, 0.25) is 5.78 Å². The van der Waals surface area contributed by atoms with Crippen LogP contribution in [0.15, 0.2) is 61.1 Å². The van der Waals surface area contributed by atoms with Crippen molar-refractivity contribution >= 4 is 5.78 Å². The molecule has 4 aromatic rings. The number of aromatic nitrogens is 5. The van der Waals surface area contributed by atoms with Crippen molar-refractivity contribution in [2.75, 3.05) is 0 Å². The first kappa shape index (κ1) is 15.3. The molecule has 0 aliphatic heterocycles. The van der Waals surface area contributed by atoms with Crippen LogP contribution in [0.5, 0.6) is 0 Å². The smallest absolute Gasteiger partial charge is 0.282 e. The molecule has 0 saturated heterocycles. The molecule has 0 aliphatic rings. The lowest BCUT2D eigenvalue weighted by molar-refractivity contribution is -0.141. The quantitative estimate of drug-likeness (QED) is 0.555. The van der Waals surface area contributed by atoms with E-state index in [9.17, 15) is 13.2 Å². The number of imidazole rings is 1. The first-order chi connectivity index (χ1) is 12.0. The molecule has 4 rings (SSSR count). The van der Waals surface area contributed by atoms with E-state index in [0.29, 0.717) is 22.8 Å². The number of fused-ring (bicyclic) bond motifs is 1. The largest absolute Gasteiger partial charge is 0.433 e. The zero-order valence-corrected chi connectivity index (χ0v) is 12.6. The first-order valence-electron chi connectivity index (χ1n) is 7.32. The lowest BCUT2D eigenvalue weighted by Crippen LogP contribution is -2.09. The summed E-state index contributed by atoms with van der Waals surface area (Å²) >= 11 is 0. The van der Waals surface area contributed by atoms with Crippen LogP contribution in [0.3, 0.4) is 0 Å². The summed E-state index contributed by atoms with van der Waals surface area (Å²) < 4.78 is 39.8. The van der Waals surface area contributed by atoms with E-state index in [4.69, 9.17) is 0 Å². The van der Waals surface area contributed by atoms with Gasteiger partial charge >= 0.3 is 6.18 Å². The molecule has 0 aliphatic carbocycles. The number of halogens is 3. The Labute approximate surface area is 139 Å². The molecule has 0 fully saturated rings. The third kappa shape index (κ3) is 2.82. The van der Waals surface area contributed by atoms with Crippen LogP contribution in [0.1, 0.15) is 5.69 Å². The van der Waals surface area contributed by atoms with Gasteiger partial charge in [0.1, 0.15) is 5.69 Å². The molecule has 0 spiro atoms. The molecule has 0 N–H and O–H groups in total. The van der Waals surface area contributed by atoms with E-state index in [2.05, 4.69) is 19.9 Å². The van der Waals surface area contributed by atoms with E-state index in [1.54, 1.807) is 12.3 Å². The summed E-state index contributed by atoms with van der Waals surface area (Å²) in [5, 5.41) is 0. The van der Waals surface area contributed by atoms with Gasteiger partial charge in [0.15, 0.2) is 0 Å². The van der Waals surface area contributed by atoms with Crippen molar-refractivity contribution in [3.05, 3.63) is 66.7 Å². The van der Waals surface area contributed by atoms with Crippen molar-refractivity contribution in [1.82, 2.24) is 24.3 Å². The Hall–Kier alpha value is -3.29. The number of hydrogen-bond acceptors (Lipinski definition) is 4. The highest BCUT2D eigenvalue weighted by Crippen LogP contribution is 2.28. The predicted octanol–water partition coefficient (Wildman–Crippen LogP) is 3.87. The van der Waals surface area contributed by atoms with Crippen molar-refractivity contribution in [1.29, 1.82) is 0 Å². The van der Waals surface area contributed by atoms with E-state index in [0.717, 1.165) is 6.07 Å². The zero-order valence-electron chi connectivity index (χ0n) is 12.6. The maximum absolute atomic E-state index is 12.8. The Kier molecular flexibility index (Phi) is 3.45. The summed E-state index contributed by atoms with van der Waals surface area (Å²) in [6, 6.07) is 11.8. The molecule has 0 bridgehead atoms. The van der Waals surface area contributed by atoms with Crippen LogP contribution in [0.4, 0.5) is 13.2 Å². The summed E-state index contributed by atoms with van der Waals surface area (Å²) in [5.74, 6) is -0.0325. The highest BCUT2D eigenvalue weighted by atomic mass is 19.4. The number of rotatable bonds is 2. The molecule has 8 heteroatoms. The summed E-state index contributed by atoms with van der Waals surface area (Å²) in [6.45, 7) is 0. The first-order valence-corrected chi connectivity index (χ1v) is 7.32. The lowest BCUT2D eigenvalue weighted by Gasteiger charge is -2.07. The molecule has 0 unspecified atom stereocenters. The van der Waals surface area contributed by atoms with E-state index in [-0.39, 0.29) is 5.78 Å². The van der Waals surface area contributed by atoms with Crippen LogP contribution in [-0.2, 0) is 6.18 Å². The molecule has 25 heavy (non-hydrogen) atoms. The minimum Gasteiger partial charge on any atom is -0.282 e. The van der Waals surface area contributed by atoms with Gasteiger partial charge in [0.25, 0.3) is 0 Å². The predicted molar refractivity (Wildman–Crippen MR) is 84.5 cm³/mol. The highest BCUT2D eigenvalue weighted by molar-refractivity contribution is 5.63. The third-order valence-corrected chi connectivity index (χ3v) is 3.61. The van der Waals surface area contributed by atoms with Crippen LogP contribution in [-0.4, -0.2) is 24.3 Å². The molecule has 124 valence electrons. The molecular weight excluding hydrogens is 331 g/mol. The van der Waals surface area contributed by atoms with Crippen molar-refractivity contribution < 1.29 is 13.2 Å². The van der Waals surface area contributed by atoms with Crippen LogP contribution < -0.4 is 0 Å². The Bertz CT molecular complexity index is 1040. The van der Waals surface area contributed by atoms with E-state index in [1.165, 1.54) is 16.8 Å². The SMILES string of the molecule is FC(F)(F)c1ccn2c(-c3cccc(-c4ccccn4)n3)cnc2n1. The van der Waals surface area contributed by atoms with Crippen LogP contribution in [0, 0.1) is 0 Å². The minimum atomic E-state index is -4.51. The normalized spacial score (nSPS) is 11.8. The number of nitrogens with zero attached hydrogens (tertiary/aromatic N) is 5. The van der Waals surface area contributed by atoms with E-state index < -0.39 is 11.9 Å². The summed E-state index contributed by atoms with van der Waals surface area (Å²) in [6.07, 6.45) is -0.0961. The topological polar surface area (TPSA) is 56.0 Å². The van der Waals surface area contributed by atoms with Gasteiger partial charge in [0.05, 0.1) is 29.0 Å². The molecule has 0 radical (unpaired) electrons. The monoisotopic (exact) mass is 341 g/mol. The van der Waals surface area contributed by atoms with Crippen molar-refractivity contribution in [3.63, 3.8) is 0 Å². The third-order valence-electron chi connectivity index (χ3n) is 3.61. The van der Waals surface area contributed by atoms with Gasteiger partial charge in [-0.25, -0.2) is 15.0 Å². The fourth-order valence-corrected chi connectivity index (χ4v) is 2.45. The van der Waals surface area contributed by atoms with E-state index >= 15 is 0 Å².